The summed E-state index contributed by atoms with van der Waals surface area (Å²) in [6, 6.07) is 36.4. The Kier molecular flexibility index (Phi) is 4.93. The van der Waals surface area contributed by atoms with Gasteiger partial charge < -0.3 is 0 Å². The van der Waals surface area contributed by atoms with Crippen molar-refractivity contribution >= 4 is 17.6 Å². The van der Waals surface area contributed by atoms with Crippen molar-refractivity contribution in [3.63, 3.8) is 0 Å². The van der Waals surface area contributed by atoms with E-state index in [1.54, 1.807) is 0 Å². The SMILES string of the molecule is c1ccc(B(C[n+]2ccc(-c3ccccc3)cc2)c2ccccc2)cc1. The van der Waals surface area contributed by atoms with Crippen molar-refractivity contribution in [2.24, 2.45) is 0 Å². The van der Waals surface area contributed by atoms with Crippen molar-refractivity contribution in [1.82, 2.24) is 0 Å². The van der Waals surface area contributed by atoms with Crippen LogP contribution in [-0.2, 0) is 6.44 Å². The van der Waals surface area contributed by atoms with Gasteiger partial charge in [-0.2, -0.15) is 0 Å². The summed E-state index contributed by atoms with van der Waals surface area (Å²) in [6.07, 6.45) is 5.28. The summed E-state index contributed by atoms with van der Waals surface area (Å²) in [4.78, 5) is 0. The van der Waals surface area contributed by atoms with Crippen LogP contribution < -0.4 is 15.5 Å². The van der Waals surface area contributed by atoms with Crippen LogP contribution in [-0.4, -0.2) is 6.71 Å². The normalized spacial score (nSPS) is 10.5. The number of nitrogens with zero attached hydrogens (tertiary/aromatic N) is 1. The van der Waals surface area contributed by atoms with Gasteiger partial charge in [0.1, 0.15) is 6.44 Å². The highest BCUT2D eigenvalue weighted by molar-refractivity contribution is 6.83. The summed E-state index contributed by atoms with van der Waals surface area (Å²) in [5.74, 6) is 0. The van der Waals surface area contributed by atoms with Crippen molar-refractivity contribution in [2.45, 2.75) is 6.44 Å². The first kappa shape index (κ1) is 16.3. The third kappa shape index (κ3) is 3.75. The van der Waals surface area contributed by atoms with Crippen molar-refractivity contribution < 1.29 is 4.57 Å². The second kappa shape index (κ2) is 7.84. The van der Waals surface area contributed by atoms with E-state index in [9.17, 15) is 0 Å². The summed E-state index contributed by atoms with van der Waals surface area (Å²) in [6.45, 7) is 0.338. The minimum Gasteiger partial charge on any atom is -0.212 e. The van der Waals surface area contributed by atoms with Gasteiger partial charge in [-0.3, -0.25) is 0 Å². The van der Waals surface area contributed by atoms with Crippen LogP contribution in [0.1, 0.15) is 0 Å². The predicted molar refractivity (Wildman–Crippen MR) is 110 cm³/mol. The molecule has 1 aromatic heterocycles. The first-order valence-electron chi connectivity index (χ1n) is 9.04. The first-order valence-corrected chi connectivity index (χ1v) is 9.04. The maximum atomic E-state index is 2.27. The van der Waals surface area contributed by atoms with Gasteiger partial charge in [0.25, 0.3) is 6.71 Å². The summed E-state index contributed by atoms with van der Waals surface area (Å²) in [5.41, 5.74) is 5.19. The van der Waals surface area contributed by atoms with E-state index in [2.05, 4.69) is 120 Å². The van der Waals surface area contributed by atoms with Crippen molar-refractivity contribution in [3.8, 4) is 11.1 Å². The number of benzene rings is 3. The molecule has 4 rings (SSSR count). The standard InChI is InChI=1S/C24H21BN/c1-4-10-21(11-5-1)22-16-18-26(19-17-22)20-25(23-12-6-2-7-13-23)24-14-8-3-9-15-24/h1-19H,20H2/q+1. The second-order valence-corrected chi connectivity index (χ2v) is 6.52. The average molecular weight is 334 g/mol. The molecule has 3 aromatic carbocycles. The Morgan fingerprint density at radius 2 is 0.923 bits per heavy atom. The fourth-order valence-electron chi connectivity index (χ4n) is 3.39. The van der Waals surface area contributed by atoms with E-state index >= 15 is 0 Å². The highest BCUT2D eigenvalue weighted by Gasteiger charge is 2.24. The predicted octanol–water partition coefficient (Wildman–Crippen LogP) is 3.49. The number of hydrogen-bond acceptors (Lipinski definition) is 0. The first-order chi connectivity index (χ1) is 12.9. The molecule has 0 aliphatic rings. The Balaban J connectivity index is 1.62. The summed E-state index contributed by atoms with van der Waals surface area (Å²) in [5, 5.41) is 0. The van der Waals surface area contributed by atoms with Crippen LogP contribution in [0.25, 0.3) is 11.1 Å². The maximum Gasteiger partial charge on any atom is 0.288 e. The molecule has 0 saturated carbocycles. The van der Waals surface area contributed by atoms with Crippen LogP contribution in [0.3, 0.4) is 0 Å². The Morgan fingerprint density at radius 1 is 0.500 bits per heavy atom. The monoisotopic (exact) mass is 334 g/mol. The number of hydrogen-bond donors (Lipinski definition) is 0. The topological polar surface area (TPSA) is 3.88 Å². The Morgan fingerprint density at radius 3 is 1.42 bits per heavy atom. The molecule has 0 N–H and O–H groups in total. The van der Waals surface area contributed by atoms with E-state index < -0.39 is 0 Å². The molecule has 2 heteroatoms. The highest BCUT2D eigenvalue weighted by Crippen LogP contribution is 2.16. The minimum atomic E-state index is 0.338. The number of aromatic nitrogens is 1. The van der Waals surface area contributed by atoms with E-state index in [4.69, 9.17) is 0 Å². The van der Waals surface area contributed by atoms with Crippen LogP contribution >= 0.6 is 0 Å². The fraction of sp³-hybridized carbons (Fsp3) is 0.0417. The van der Waals surface area contributed by atoms with Gasteiger partial charge in [0.05, 0.1) is 0 Å². The van der Waals surface area contributed by atoms with Crippen LogP contribution in [0.5, 0.6) is 0 Å². The molecule has 26 heavy (non-hydrogen) atoms. The van der Waals surface area contributed by atoms with E-state index in [1.165, 1.54) is 22.1 Å². The van der Waals surface area contributed by atoms with Crippen LogP contribution in [0, 0.1) is 0 Å². The van der Waals surface area contributed by atoms with Gasteiger partial charge in [-0.1, -0.05) is 102 Å². The quantitative estimate of drug-likeness (QED) is 0.389. The molecule has 1 heterocycles. The zero-order valence-corrected chi connectivity index (χ0v) is 14.7. The summed E-state index contributed by atoms with van der Waals surface area (Å²) < 4.78 is 2.27. The molecule has 0 radical (unpaired) electrons. The van der Waals surface area contributed by atoms with Crippen molar-refractivity contribution in [2.75, 3.05) is 0 Å². The molecule has 0 unspecified atom stereocenters. The van der Waals surface area contributed by atoms with Gasteiger partial charge >= 0.3 is 0 Å². The van der Waals surface area contributed by atoms with E-state index in [1.807, 2.05) is 0 Å². The third-order valence-corrected chi connectivity index (χ3v) is 4.80. The molecule has 124 valence electrons. The summed E-state index contributed by atoms with van der Waals surface area (Å²) in [7, 11) is 0. The van der Waals surface area contributed by atoms with Gasteiger partial charge in [-0.25, -0.2) is 4.57 Å². The molecule has 0 amide bonds. The summed E-state index contributed by atoms with van der Waals surface area (Å²) >= 11 is 0. The minimum absolute atomic E-state index is 0.338. The van der Waals surface area contributed by atoms with Crippen LogP contribution in [0.15, 0.2) is 116 Å². The molecule has 0 aliphatic heterocycles. The molecular weight excluding hydrogens is 313 g/mol. The number of rotatable bonds is 5. The molecule has 0 atom stereocenters. The molecule has 0 spiro atoms. The van der Waals surface area contributed by atoms with Crippen LogP contribution in [0.4, 0.5) is 0 Å². The van der Waals surface area contributed by atoms with E-state index in [0.29, 0.717) is 6.71 Å². The van der Waals surface area contributed by atoms with Crippen LogP contribution in [0.2, 0.25) is 0 Å². The van der Waals surface area contributed by atoms with E-state index in [-0.39, 0.29) is 0 Å². The lowest BCUT2D eigenvalue weighted by Crippen LogP contribution is -2.53. The largest absolute Gasteiger partial charge is 0.288 e. The highest BCUT2D eigenvalue weighted by atomic mass is 14.9. The second-order valence-electron chi connectivity index (χ2n) is 6.52. The fourth-order valence-corrected chi connectivity index (χ4v) is 3.39. The molecule has 0 bridgehead atoms. The third-order valence-electron chi connectivity index (χ3n) is 4.80. The van der Waals surface area contributed by atoms with Crippen molar-refractivity contribution in [1.29, 1.82) is 0 Å². The number of pyridine rings is 1. The zero-order valence-electron chi connectivity index (χ0n) is 14.7. The lowest BCUT2D eigenvalue weighted by Gasteiger charge is -2.12. The lowest BCUT2D eigenvalue weighted by atomic mass is 9.40. The maximum absolute atomic E-state index is 2.27. The molecule has 0 fully saturated rings. The Hall–Kier alpha value is -3.13. The molecule has 4 aromatic rings. The molecule has 0 aliphatic carbocycles. The van der Waals surface area contributed by atoms with E-state index in [0.717, 1.165) is 6.44 Å². The zero-order chi connectivity index (χ0) is 17.6. The molecular formula is C24H21BN+. The Bertz CT molecular complexity index is 896. The van der Waals surface area contributed by atoms with Crippen molar-refractivity contribution in [3.05, 3.63) is 116 Å². The molecule has 0 saturated heterocycles. The van der Waals surface area contributed by atoms with Gasteiger partial charge in [-0.15, -0.1) is 0 Å². The van der Waals surface area contributed by atoms with Gasteiger partial charge in [0, 0.05) is 12.1 Å². The average Bonchev–Trinajstić information content (AvgIpc) is 2.74. The smallest absolute Gasteiger partial charge is 0.212 e. The van der Waals surface area contributed by atoms with Gasteiger partial charge in [0.15, 0.2) is 12.4 Å². The van der Waals surface area contributed by atoms with Gasteiger partial charge in [-0.05, 0) is 11.1 Å². The molecule has 1 nitrogen and oxygen atoms in total. The van der Waals surface area contributed by atoms with Gasteiger partial charge in [0.2, 0.25) is 0 Å². The lowest BCUT2D eigenvalue weighted by molar-refractivity contribution is -0.679. The Labute approximate surface area is 155 Å².